The molecule has 0 heterocycles. The molecule has 0 fully saturated rings. The molecule has 6 heavy (non-hydrogen) atoms. The van der Waals surface area contributed by atoms with Crippen molar-refractivity contribution in [3.63, 3.8) is 0 Å². The third-order valence-electron chi connectivity index (χ3n) is 0.330. The van der Waals surface area contributed by atoms with E-state index in [9.17, 15) is 0 Å². The number of rotatable bonds is 3. The Labute approximate surface area is 40.6 Å². The summed E-state index contributed by atoms with van der Waals surface area (Å²) in [6.45, 7) is 2.75. The molecule has 0 aliphatic heterocycles. The third-order valence-corrected chi connectivity index (χ3v) is 0.989. The number of nitrogens with two attached hydrogens (primary N) is 1. The van der Waals surface area contributed by atoms with Crippen molar-refractivity contribution in [3.05, 3.63) is 0 Å². The fourth-order valence-electron chi connectivity index (χ4n) is 0.161. The van der Waals surface area contributed by atoms with Crippen molar-refractivity contribution in [3.8, 4) is 0 Å². The smallest absolute Gasteiger partial charge is 0.244 e. The van der Waals surface area contributed by atoms with Crippen molar-refractivity contribution in [1.29, 1.82) is 0 Å². The maximum absolute atomic E-state index is 5.10. The second-order valence-corrected chi connectivity index (χ2v) is 1.77. The first-order chi connectivity index (χ1) is 2.91. The van der Waals surface area contributed by atoms with Crippen molar-refractivity contribution in [1.82, 2.24) is 0 Å². The first-order valence-corrected chi connectivity index (χ1v) is 3.08. The van der Waals surface area contributed by atoms with Crippen LogP contribution >= 0.6 is 0 Å². The maximum atomic E-state index is 5.10. The molecular formula is C3H9NOSi. The molecule has 0 atom stereocenters. The molecule has 0 aromatic carbocycles. The Morgan fingerprint density at radius 3 is 2.67 bits per heavy atom. The summed E-state index contributed by atoms with van der Waals surface area (Å²) in [5.74, 6) is 0. The van der Waals surface area contributed by atoms with Gasteiger partial charge in [-0.1, -0.05) is 0 Å². The van der Waals surface area contributed by atoms with E-state index < -0.39 is 0 Å². The molecule has 0 aromatic rings. The summed E-state index contributed by atoms with van der Waals surface area (Å²) < 4.78 is 4.89. The highest BCUT2D eigenvalue weighted by Crippen LogP contribution is 1.61. The van der Waals surface area contributed by atoms with Gasteiger partial charge < -0.3 is 10.2 Å². The fraction of sp³-hybridized carbons (Fsp3) is 1.00. The Morgan fingerprint density at radius 1 is 1.83 bits per heavy atom. The van der Waals surface area contributed by atoms with Crippen LogP contribution in [-0.4, -0.2) is 22.5 Å². The van der Waals surface area contributed by atoms with Crippen LogP contribution < -0.4 is 5.73 Å². The minimum absolute atomic E-state index is 0.493. The highest BCUT2D eigenvalue weighted by molar-refractivity contribution is 6.27. The molecule has 0 bridgehead atoms. The Kier molecular flexibility index (Phi) is 5.25. The Morgan fingerprint density at radius 2 is 2.50 bits per heavy atom. The molecule has 0 saturated carbocycles. The standard InChI is InChI=1S/C3H9NOSi/c1-2-5-6-3-4/h2-4H2,1H3. The lowest BCUT2D eigenvalue weighted by molar-refractivity contribution is 0.361. The third kappa shape index (κ3) is 4.14. The molecule has 0 rings (SSSR count). The Hall–Kier alpha value is 0.137. The van der Waals surface area contributed by atoms with E-state index in [1.54, 1.807) is 0 Å². The van der Waals surface area contributed by atoms with Crippen molar-refractivity contribution < 1.29 is 4.43 Å². The predicted molar refractivity (Wildman–Crippen MR) is 26.4 cm³/mol. The van der Waals surface area contributed by atoms with Gasteiger partial charge in [0.15, 0.2) is 0 Å². The molecule has 0 aliphatic rings. The molecular weight excluding hydrogens is 94.1 g/mol. The van der Waals surface area contributed by atoms with Crippen molar-refractivity contribution >= 4 is 9.76 Å². The largest absolute Gasteiger partial charge is 0.416 e. The average molecular weight is 103 g/mol. The molecule has 0 aromatic heterocycles. The first-order valence-electron chi connectivity index (χ1n) is 1.96. The molecule has 0 saturated heterocycles. The lowest BCUT2D eigenvalue weighted by Gasteiger charge is -1.89. The van der Waals surface area contributed by atoms with Gasteiger partial charge in [-0.2, -0.15) is 0 Å². The lowest BCUT2D eigenvalue weighted by atomic mass is 10.9. The van der Waals surface area contributed by atoms with Gasteiger partial charge in [-0.15, -0.1) is 0 Å². The van der Waals surface area contributed by atoms with Crippen LogP contribution in [0.3, 0.4) is 0 Å². The normalized spacial score (nSPS) is 9.00. The second-order valence-electron chi connectivity index (χ2n) is 0.781. The van der Waals surface area contributed by atoms with E-state index in [-0.39, 0.29) is 0 Å². The van der Waals surface area contributed by atoms with E-state index in [2.05, 4.69) is 0 Å². The number of hydrogen-bond acceptors (Lipinski definition) is 2. The summed E-state index contributed by atoms with van der Waals surface area (Å²) in [5.41, 5.74) is 5.10. The second kappa shape index (κ2) is 5.14. The van der Waals surface area contributed by atoms with Gasteiger partial charge in [0, 0.05) is 12.8 Å². The van der Waals surface area contributed by atoms with E-state index in [0.29, 0.717) is 15.9 Å². The molecule has 2 N–H and O–H groups in total. The molecule has 36 valence electrons. The molecule has 2 radical (unpaired) electrons. The highest BCUT2D eigenvalue weighted by Gasteiger charge is 1.77. The summed E-state index contributed by atoms with van der Waals surface area (Å²) in [5, 5.41) is 0. The summed E-state index contributed by atoms with van der Waals surface area (Å²) in [6, 6.07) is 0. The van der Waals surface area contributed by atoms with Crippen LogP contribution in [0.5, 0.6) is 0 Å². The van der Waals surface area contributed by atoms with Crippen LogP contribution in [0.2, 0.25) is 0 Å². The highest BCUT2D eigenvalue weighted by atomic mass is 28.2. The zero-order chi connectivity index (χ0) is 4.83. The topological polar surface area (TPSA) is 35.2 Å². The summed E-state index contributed by atoms with van der Waals surface area (Å²) in [4.78, 5) is 0. The maximum Gasteiger partial charge on any atom is 0.244 e. The fourth-order valence-corrected chi connectivity index (χ4v) is 0.483. The van der Waals surface area contributed by atoms with Crippen LogP contribution in [0.1, 0.15) is 6.92 Å². The summed E-state index contributed by atoms with van der Waals surface area (Å²) >= 11 is 0. The number of hydrogen-bond donors (Lipinski definition) is 1. The van der Waals surface area contributed by atoms with Crippen molar-refractivity contribution in [2.45, 2.75) is 6.92 Å². The van der Waals surface area contributed by atoms with Crippen LogP contribution in [0.4, 0.5) is 0 Å². The van der Waals surface area contributed by atoms with Gasteiger partial charge in [0.25, 0.3) is 0 Å². The Bertz CT molecular complexity index is 22.8. The van der Waals surface area contributed by atoms with Gasteiger partial charge in [0.1, 0.15) is 0 Å². The van der Waals surface area contributed by atoms with E-state index in [4.69, 9.17) is 10.2 Å². The van der Waals surface area contributed by atoms with E-state index >= 15 is 0 Å². The zero-order valence-corrected chi connectivity index (χ0v) is 4.90. The predicted octanol–water partition coefficient (Wildman–Crippen LogP) is -0.442. The van der Waals surface area contributed by atoms with Crippen LogP contribution in [0, 0.1) is 0 Å². The minimum atomic E-state index is 0.493. The van der Waals surface area contributed by atoms with Crippen molar-refractivity contribution in [2.24, 2.45) is 5.73 Å². The minimum Gasteiger partial charge on any atom is -0.416 e. The monoisotopic (exact) mass is 103 g/mol. The van der Waals surface area contributed by atoms with Gasteiger partial charge in [-0.05, 0) is 6.92 Å². The quantitative estimate of drug-likeness (QED) is 0.388. The van der Waals surface area contributed by atoms with Crippen LogP contribution in [0.15, 0.2) is 0 Å². The SMILES string of the molecule is CCO[Si]CN. The molecule has 2 nitrogen and oxygen atoms in total. The van der Waals surface area contributed by atoms with E-state index in [1.807, 2.05) is 6.92 Å². The lowest BCUT2D eigenvalue weighted by Crippen LogP contribution is -2.11. The Balaban J connectivity index is 2.34. The summed E-state index contributed by atoms with van der Waals surface area (Å²) in [6.07, 6.45) is 0.661. The van der Waals surface area contributed by atoms with Gasteiger partial charge in [-0.3, -0.25) is 0 Å². The molecule has 3 heteroatoms. The van der Waals surface area contributed by atoms with E-state index in [1.165, 1.54) is 0 Å². The van der Waals surface area contributed by atoms with Crippen LogP contribution in [0.25, 0.3) is 0 Å². The van der Waals surface area contributed by atoms with E-state index in [0.717, 1.165) is 6.61 Å². The van der Waals surface area contributed by atoms with Crippen molar-refractivity contribution in [2.75, 3.05) is 12.8 Å². The molecule has 0 unspecified atom stereocenters. The van der Waals surface area contributed by atoms with Gasteiger partial charge in [0.2, 0.25) is 9.76 Å². The summed E-state index contributed by atoms with van der Waals surface area (Å²) in [7, 11) is 0.493. The molecule has 0 amide bonds. The average Bonchev–Trinajstić information content (AvgIpc) is 1.61. The molecule has 0 aliphatic carbocycles. The molecule has 0 spiro atoms. The van der Waals surface area contributed by atoms with Gasteiger partial charge in [-0.25, -0.2) is 0 Å². The zero-order valence-electron chi connectivity index (χ0n) is 3.90. The first kappa shape index (κ1) is 6.14. The van der Waals surface area contributed by atoms with Gasteiger partial charge in [0.05, 0.1) is 0 Å². The van der Waals surface area contributed by atoms with Crippen LogP contribution in [-0.2, 0) is 4.43 Å². The van der Waals surface area contributed by atoms with Gasteiger partial charge >= 0.3 is 0 Å².